The van der Waals surface area contributed by atoms with E-state index in [1.54, 1.807) is 54.6 Å². The molecule has 2 heterocycles. The van der Waals surface area contributed by atoms with Crippen LogP contribution < -0.4 is 9.47 Å². The van der Waals surface area contributed by atoms with Gasteiger partial charge in [-0.15, -0.1) is 0 Å². The van der Waals surface area contributed by atoms with Gasteiger partial charge in [-0.25, -0.2) is 0 Å². The standard InChI is InChI=1S/C31H24ClN3O4S/c1-20-17-23(18-29-30(36)34(31(37)40-29)15-16-38-26-11-5-24(32)6-12-26)21(2)35(20)25-7-13-28(14-8-25)39-27-9-3-22(19-33)4-10-27/h3-14,17-18H,15-16H2,1-2H3/b29-18-. The largest absolute Gasteiger partial charge is 0.492 e. The first-order valence-electron chi connectivity index (χ1n) is 12.4. The molecule has 0 N–H and O–H groups in total. The molecule has 7 nitrogen and oxygen atoms in total. The van der Waals surface area contributed by atoms with E-state index in [1.165, 1.54) is 4.90 Å². The maximum atomic E-state index is 13.0. The van der Waals surface area contributed by atoms with Crippen molar-refractivity contribution in [2.75, 3.05) is 13.2 Å². The van der Waals surface area contributed by atoms with Crippen molar-refractivity contribution in [3.8, 4) is 29.0 Å². The van der Waals surface area contributed by atoms with Gasteiger partial charge < -0.3 is 14.0 Å². The van der Waals surface area contributed by atoms with Crippen molar-refractivity contribution in [3.05, 3.63) is 111 Å². The summed E-state index contributed by atoms with van der Waals surface area (Å²) in [4.78, 5) is 27.2. The van der Waals surface area contributed by atoms with Crippen molar-refractivity contribution in [1.82, 2.24) is 9.47 Å². The molecule has 40 heavy (non-hydrogen) atoms. The summed E-state index contributed by atoms with van der Waals surface area (Å²) in [6, 6.07) is 25.6. The van der Waals surface area contributed by atoms with Gasteiger partial charge in [0.2, 0.25) is 0 Å². The third-order valence-electron chi connectivity index (χ3n) is 6.34. The number of hydrogen-bond acceptors (Lipinski definition) is 6. The third-order valence-corrected chi connectivity index (χ3v) is 7.50. The second kappa shape index (κ2) is 11.7. The normalized spacial score (nSPS) is 14.1. The highest BCUT2D eigenvalue weighted by molar-refractivity contribution is 8.18. The van der Waals surface area contributed by atoms with Gasteiger partial charge in [-0.2, -0.15) is 5.26 Å². The summed E-state index contributed by atoms with van der Waals surface area (Å²) in [6.45, 7) is 4.31. The smallest absolute Gasteiger partial charge is 0.293 e. The molecule has 0 atom stereocenters. The molecule has 0 saturated carbocycles. The Hall–Kier alpha value is -4.45. The number of benzene rings is 3. The molecule has 0 bridgehead atoms. The summed E-state index contributed by atoms with van der Waals surface area (Å²) in [5, 5.41) is 9.24. The molecule has 4 aromatic rings. The van der Waals surface area contributed by atoms with Crippen LogP contribution in [-0.4, -0.2) is 33.8 Å². The van der Waals surface area contributed by atoms with Crippen molar-refractivity contribution in [3.63, 3.8) is 0 Å². The average molecular weight is 570 g/mol. The summed E-state index contributed by atoms with van der Waals surface area (Å²) in [5.74, 6) is 1.61. The number of ether oxygens (including phenoxy) is 2. The topological polar surface area (TPSA) is 84.6 Å². The lowest BCUT2D eigenvalue weighted by atomic mass is 10.2. The van der Waals surface area contributed by atoms with E-state index in [0.717, 1.165) is 34.4 Å². The second-order valence-corrected chi connectivity index (χ2v) is 10.5. The van der Waals surface area contributed by atoms with Crippen LogP contribution in [0.5, 0.6) is 17.2 Å². The Balaban J connectivity index is 1.27. The van der Waals surface area contributed by atoms with E-state index >= 15 is 0 Å². The quantitative estimate of drug-likeness (QED) is 0.204. The van der Waals surface area contributed by atoms with Crippen LogP contribution in [-0.2, 0) is 4.79 Å². The Morgan fingerprint density at radius 3 is 2.20 bits per heavy atom. The Morgan fingerprint density at radius 2 is 1.55 bits per heavy atom. The van der Waals surface area contributed by atoms with E-state index in [0.29, 0.717) is 32.7 Å². The monoisotopic (exact) mass is 569 g/mol. The Kier molecular flexibility index (Phi) is 7.96. The fourth-order valence-electron chi connectivity index (χ4n) is 4.35. The number of amides is 2. The van der Waals surface area contributed by atoms with E-state index in [2.05, 4.69) is 10.6 Å². The zero-order chi connectivity index (χ0) is 28.2. The lowest BCUT2D eigenvalue weighted by molar-refractivity contribution is -0.123. The summed E-state index contributed by atoms with van der Waals surface area (Å²) in [6.07, 6.45) is 1.77. The summed E-state index contributed by atoms with van der Waals surface area (Å²) < 4.78 is 13.6. The van der Waals surface area contributed by atoms with Gasteiger partial charge in [0.15, 0.2) is 0 Å². The molecule has 3 aromatic carbocycles. The Morgan fingerprint density at radius 1 is 0.925 bits per heavy atom. The summed E-state index contributed by atoms with van der Waals surface area (Å²) in [5.41, 5.74) is 4.30. The van der Waals surface area contributed by atoms with Crippen LogP contribution in [0, 0.1) is 25.2 Å². The molecule has 1 aliphatic rings. The fraction of sp³-hybridized carbons (Fsp3) is 0.129. The molecule has 0 unspecified atom stereocenters. The number of carbonyl (C=O) groups excluding carboxylic acids is 2. The first-order chi connectivity index (χ1) is 19.3. The van der Waals surface area contributed by atoms with Crippen LogP contribution in [0.3, 0.4) is 0 Å². The minimum atomic E-state index is -0.330. The first-order valence-corrected chi connectivity index (χ1v) is 13.6. The maximum Gasteiger partial charge on any atom is 0.293 e. The number of nitrogens with zero attached hydrogens (tertiary/aromatic N) is 3. The number of hydrogen-bond donors (Lipinski definition) is 0. The number of imide groups is 1. The predicted octanol–water partition coefficient (Wildman–Crippen LogP) is 7.53. The molecule has 200 valence electrons. The summed E-state index contributed by atoms with van der Waals surface area (Å²) in [7, 11) is 0. The molecule has 1 saturated heterocycles. The van der Waals surface area contributed by atoms with Crippen LogP contribution in [0.4, 0.5) is 4.79 Å². The van der Waals surface area contributed by atoms with Gasteiger partial charge in [0.1, 0.15) is 23.9 Å². The predicted molar refractivity (Wildman–Crippen MR) is 156 cm³/mol. The molecule has 1 fully saturated rings. The van der Waals surface area contributed by atoms with Gasteiger partial charge in [-0.3, -0.25) is 14.5 Å². The molecule has 0 radical (unpaired) electrons. The SMILES string of the molecule is Cc1cc(/C=C2\SC(=O)N(CCOc3ccc(Cl)cc3)C2=O)c(C)n1-c1ccc(Oc2ccc(C#N)cc2)cc1. The van der Waals surface area contributed by atoms with Crippen LogP contribution in [0.25, 0.3) is 11.8 Å². The van der Waals surface area contributed by atoms with Gasteiger partial charge in [-0.05, 0) is 116 Å². The van der Waals surface area contributed by atoms with Crippen molar-refractivity contribution < 1.29 is 19.1 Å². The maximum absolute atomic E-state index is 13.0. The van der Waals surface area contributed by atoms with E-state index in [9.17, 15) is 9.59 Å². The van der Waals surface area contributed by atoms with Crippen molar-refractivity contribution in [2.45, 2.75) is 13.8 Å². The van der Waals surface area contributed by atoms with E-state index in [-0.39, 0.29) is 24.3 Å². The van der Waals surface area contributed by atoms with Gasteiger partial charge >= 0.3 is 0 Å². The number of carbonyl (C=O) groups is 2. The van der Waals surface area contributed by atoms with Crippen molar-refractivity contribution in [1.29, 1.82) is 5.26 Å². The lowest BCUT2D eigenvalue weighted by Crippen LogP contribution is -2.32. The molecule has 9 heteroatoms. The van der Waals surface area contributed by atoms with Gasteiger partial charge in [0.25, 0.3) is 11.1 Å². The van der Waals surface area contributed by atoms with Gasteiger partial charge in [0.05, 0.1) is 23.1 Å². The lowest BCUT2D eigenvalue weighted by Gasteiger charge is -2.13. The number of halogens is 1. The van der Waals surface area contributed by atoms with E-state index < -0.39 is 0 Å². The van der Waals surface area contributed by atoms with Crippen molar-refractivity contribution >= 4 is 40.6 Å². The van der Waals surface area contributed by atoms with Crippen LogP contribution in [0.1, 0.15) is 22.5 Å². The summed E-state index contributed by atoms with van der Waals surface area (Å²) >= 11 is 6.82. The Bertz CT molecular complexity index is 1640. The number of thioether (sulfide) groups is 1. The fourth-order valence-corrected chi connectivity index (χ4v) is 5.33. The molecule has 0 spiro atoms. The van der Waals surface area contributed by atoms with Crippen molar-refractivity contribution in [2.24, 2.45) is 0 Å². The number of aryl methyl sites for hydroxylation is 1. The average Bonchev–Trinajstić information content (AvgIpc) is 3.39. The third kappa shape index (κ3) is 5.91. The van der Waals surface area contributed by atoms with Crippen LogP contribution in [0.15, 0.2) is 83.8 Å². The second-order valence-electron chi connectivity index (χ2n) is 9.03. The Labute approximate surface area is 241 Å². The zero-order valence-electron chi connectivity index (χ0n) is 21.8. The van der Waals surface area contributed by atoms with E-state index in [4.69, 9.17) is 26.3 Å². The number of nitriles is 1. The highest BCUT2D eigenvalue weighted by atomic mass is 35.5. The highest BCUT2D eigenvalue weighted by Gasteiger charge is 2.35. The molecule has 2 amide bonds. The highest BCUT2D eigenvalue weighted by Crippen LogP contribution is 2.34. The molecule has 1 aromatic heterocycles. The van der Waals surface area contributed by atoms with Gasteiger partial charge in [-0.1, -0.05) is 11.6 Å². The molecular formula is C31H24ClN3O4S. The minimum absolute atomic E-state index is 0.153. The molecule has 0 aliphatic carbocycles. The van der Waals surface area contributed by atoms with Crippen LogP contribution >= 0.6 is 23.4 Å². The minimum Gasteiger partial charge on any atom is -0.492 e. The van der Waals surface area contributed by atoms with E-state index in [1.807, 2.05) is 44.2 Å². The van der Waals surface area contributed by atoms with Crippen LogP contribution in [0.2, 0.25) is 5.02 Å². The molecular weight excluding hydrogens is 546 g/mol. The van der Waals surface area contributed by atoms with Gasteiger partial charge in [0, 0.05) is 22.1 Å². The first kappa shape index (κ1) is 27.1. The number of aromatic nitrogens is 1. The molecule has 1 aliphatic heterocycles. The number of rotatable bonds is 8. The molecule has 5 rings (SSSR count). The zero-order valence-corrected chi connectivity index (χ0v) is 23.3.